The summed E-state index contributed by atoms with van der Waals surface area (Å²) in [6, 6.07) is 2.07. The highest BCUT2D eigenvalue weighted by Gasteiger charge is 2.58. The minimum Gasteiger partial charge on any atom is -0.323 e. The molecule has 0 aromatic carbocycles. The molecule has 0 N–H and O–H groups in total. The summed E-state index contributed by atoms with van der Waals surface area (Å²) in [4.78, 5) is 0. The number of likely N-dealkylation sites (tertiary alicyclic amines) is 1. The molecule has 13 heavy (non-hydrogen) atoms. The smallest absolute Gasteiger partial charge is 0.0921 e. The molecule has 0 radical (unpaired) electrons. The lowest BCUT2D eigenvalue weighted by Gasteiger charge is -2.36. The van der Waals surface area contributed by atoms with Crippen molar-refractivity contribution in [3.05, 3.63) is 0 Å². The van der Waals surface area contributed by atoms with Gasteiger partial charge in [0.05, 0.1) is 26.2 Å². The molecule has 0 bridgehead atoms. The van der Waals surface area contributed by atoms with Crippen molar-refractivity contribution in [2.24, 2.45) is 11.8 Å². The largest absolute Gasteiger partial charge is 0.323 e. The van der Waals surface area contributed by atoms with Gasteiger partial charge in [-0.05, 0) is 38.5 Å². The lowest BCUT2D eigenvalue weighted by atomic mass is 9.90. The predicted molar refractivity (Wildman–Crippen MR) is 54.4 cm³/mol. The van der Waals surface area contributed by atoms with E-state index in [1.807, 2.05) is 0 Å². The van der Waals surface area contributed by atoms with Crippen LogP contribution in [-0.4, -0.2) is 30.7 Å². The van der Waals surface area contributed by atoms with Gasteiger partial charge in [-0.15, -0.1) is 0 Å². The molecule has 0 aromatic heterocycles. The van der Waals surface area contributed by atoms with Crippen molar-refractivity contribution in [3.8, 4) is 0 Å². The van der Waals surface area contributed by atoms with Crippen molar-refractivity contribution in [1.82, 2.24) is 0 Å². The molecular formula is C12H22N+. The Morgan fingerprint density at radius 2 is 1.23 bits per heavy atom. The van der Waals surface area contributed by atoms with Crippen LogP contribution in [0.1, 0.15) is 38.5 Å². The van der Waals surface area contributed by atoms with E-state index in [1.165, 1.54) is 30.2 Å². The number of quaternary nitrogens is 1. The van der Waals surface area contributed by atoms with Crippen LogP contribution in [0, 0.1) is 11.8 Å². The Hall–Kier alpha value is -0.0400. The van der Waals surface area contributed by atoms with Crippen molar-refractivity contribution in [2.75, 3.05) is 14.1 Å². The molecule has 2 saturated carbocycles. The summed E-state index contributed by atoms with van der Waals surface area (Å²) in [5.74, 6) is 2.23. The minimum absolute atomic E-state index is 1.04. The van der Waals surface area contributed by atoms with Gasteiger partial charge in [-0.1, -0.05) is 0 Å². The normalized spacial score (nSPS) is 52.2. The second kappa shape index (κ2) is 2.50. The van der Waals surface area contributed by atoms with Gasteiger partial charge in [-0.3, -0.25) is 0 Å². The summed E-state index contributed by atoms with van der Waals surface area (Å²) in [6.45, 7) is 0. The summed E-state index contributed by atoms with van der Waals surface area (Å²) >= 11 is 0. The third-order valence-electron chi connectivity index (χ3n) is 5.32. The SMILES string of the molecule is C[N+]1(C)C2CCCC2C2CCCC21. The molecule has 0 spiro atoms. The number of hydrogen-bond donors (Lipinski definition) is 0. The van der Waals surface area contributed by atoms with E-state index in [9.17, 15) is 0 Å². The fourth-order valence-electron chi connectivity index (χ4n) is 4.84. The number of nitrogens with zero attached hydrogens (tertiary/aromatic N) is 1. The van der Waals surface area contributed by atoms with Gasteiger partial charge in [0.1, 0.15) is 0 Å². The number of hydrogen-bond acceptors (Lipinski definition) is 0. The first-order valence-electron chi connectivity index (χ1n) is 6.04. The summed E-state index contributed by atoms with van der Waals surface area (Å²) in [5, 5.41) is 0. The molecule has 2 aliphatic carbocycles. The Morgan fingerprint density at radius 3 is 1.69 bits per heavy atom. The van der Waals surface area contributed by atoms with Crippen molar-refractivity contribution in [3.63, 3.8) is 0 Å². The van der Waals surface area contributed by atoms with E-state index in [2.05, 4.69) is 14.1 Å². The quantitative estimate of drug-likeness (QED) is 0.502. The maximum atomic E-state index is 2.50. The Labute approximate surface area is 81.7 Å². The van der Waals surface area contributed by atoms with E-state index >= 15 is 0 Å². The van der Waals surface area contributed by atoms with Crippen LogP contribution >= 0.6 is 0 Å². The molecule has 1 nitrogen and oxygen atoms in total. The van der Waals surface area contributed by atoms with Gasteiger partial charge >= 0.3 is 0 Å². The van der Waals surface area contributed by atoms with Crippen LogP contribution in [0.2, 0.25) is 0 Å². The van der Waals surface area contributed by atoms with Gasteiger partial charge in [0.15, 0.2) is 0 Å². The molecule has 0 aromatic rings. The highest BCUT2D eigenvalue weighted by atomic mass is 15.4. The molecular weight excluding hydrogens is 158 g/mol. The zero-order valence-corrected chi connectivity index (χ0v) is 9.00. The van der Waals surface area contributed by atoms with Crippen LogP contribution in [0.25, 0.3) is 0 Å². The first-order chi connectivity index (χ1) is 6.21. The highest BCUT2D eigenvalue weighted by molar-refractivity contribution is 4.97. The fraction of sp³-hybridized carbons (Fsp3) is 1.00. The maximum absolute atomic E-state index is 2.50. The zero-order valence-electron chi connectivity index (χ0n) is 9.00. The zero-order chi connectivity index (χ0) is 9.05. The highest BCUT2D eigenvalue weighted by Crippen LogP contribution is 2.53. The standard InChI is InChI=1S/C12H22N/c1-13(2)11-7-3-5-9(11)10-6-4-8-12(10)13/h9-12H,3-8H2,1-2H3/q+1. The topological polar surface area (TPSA) is 0 Å². The van der Waals surface area contributed by atoms with E-state index in [-0.39, 0.29) is 0 Å². The first-order valence-corrected chi connectivity index (χ1v) is 6.04. The van der Waals surface area contributed by atoms with Crippen molar-refractivity contribution in [2.45, 2.75) is 50.6 Å². The third kappa shape index (κ3) is 0.918. The van der Waals surface area contributed by atoms with E-state index in [4.69, 9.17) is 0 Å². The van der Waals surface area contributed by atoms with Crippen LogP contribution in [-0.2, 0) is 0 Å². The van der Waals surface area contributed by atoms with Gasteiger partial charge in [0.25, 0.3) is 0 Å². The van der Waals surface area contributed by atoms with Crippen LogP contribution in [0.3, 0.4) is 0 Å². The second-order valence-corrected chi connectivity index (χ2v) is 5.95. The molecule has 4 unspecified atom stereocenters. The molecule has 1 aliphatic heterocycles. The lowest BCUT2D eigenvalue weighted by Crippen LogP contribution is -2.50. The van der Waals surface area contributed by atoms with Crippen LogP contribution in [0.4, 0.5) is 0 Å². The predicted octanol–water partition coefficient (Wildman–Crippen LogP) is 2.41. The van der Waals surface area contributed by atoms with Crippen LogP contribution in [0.5, 0.6) is 0 Å². The average Bonchev–Trinajstić information content (AvgIpc) is 2.74. The maximum Gasteiger partial charge on any atom is 0.0921 e. The van der Waals surface area contributed by atoms with Gasteiger partial charge < -0.3 is 4.48 Å². The van der Waals surface area contributed by atoms with Gasteiger partial charge in [0.2, 0.25) is 0 Å². The molecule has 3 rings (SSSR count). The summed E-state index contributed by atoms with van der Waals surface area (Å²) in [5.41, 5.74) is 0. The first kappa shape index (κ1) is 8.28. The Morgan fingerprint density at radius 1 is 0.769 bits per heavy atom. The Bertz CT molecular complexity index is 199. The van der Waals surface area contributed by atoms with Crippen LogP contribution in [0.15, 0.2) is 0 Å². The van der Waals surface area contributed by atoms with Crippen molar-refractivity contribution >= 4 is 0 Å². The fourth-order valence-corrected chi connectivity index (χ4v) is 4.84. The molecule has 1 heterocycles. The Kier molecular flexibility index (Phi) is 1.59. The number of rotatable bonds is 0. The molecule has 0 amide bonds. The average molecular weight is 180 g/mol. The summed E-state index contributed by atoms with van der Waals surface area (Å²) < 4.78 is 1.37. The monoisotopic (exact) mass is 180 g/mol. The summed E-state index contributed by atoms with van der Waals surface area (Å²) in [7, 11) is 5.00. The van der Waals surface area contributed by atoms with Crippen molar-refractivity contribution in [1.29, 1.82) is 0 Å². The van der Waals surface area contributed by atoms with E-state index < -0.39 is 0 Å². The van der Waals surface area contributed by atoms with E-state index in [0.29, 0.717) is 0 Å². The molecule has 1 heteroatoms. The third-order valence-corrected chi connectivity index (χ3v) is 5.32. The van der Waals surface area contributed by atoms with Gasteiger partial charge in [-0.25, -0.2) is 0 Å². The molecule has 4 atom stereocenters. The van der Waals surface area contributed by atoms with Crippen molar-refractivity contribution < 1.29 is 4.48 Å². The van der Waals surface area contributed by atoms with Crippen LogP contribution < -0.4 is 0 Å². The molecule has 3 fully saturated rings. The van der Waals surface area contributed by atoms with E-state index in [0.717, 1.165) is 23.9 Å². The van der Waals surface area contributed by atoms with E-state index in [1.54, 1.807) is 12.8 Å². The Balaban J connectivity index is 1.96. The molecule has 74 valence electrons. The van der Waals surface area contributed by atoms with Gasteiger partial charge in [-0.2, -0.15) is 0 Å². The second-order valence-electron chi connectivity index (χ2n) is 5.95. The minimum atomic E-state index is 1.04. The lowest BCUT2D eigenvalue weighted by molar-refractivity contribution is -0.926. The molecule has 1 saturated heterocycles. The summed E-state index contributed by atoms with van der Waals surface area (Å²) in [6.07, 6.45) is 9.16. The number of fused-ring (bicyclic) bond motifs is 3. The molecule has 3 aliphatic rings. The van der Waals surface area contributed by atoms with Gasteiger partial charge in [0, 0.05) is 11.8 Å².